The van der Waals surface area contributed by atoms with Crippen molar-refractivity contribution in [1.29, 1.82) is 0 Å². The summed E-state index contributed by atoms with van der Waals surface area (Å²) in [5, 5.41) is 0. The van der Waals surface area contributed by atoms with Crippen LogP contribution in [0.1, 0.15) is 37.2 Å². The third-order valence-corrected chi connectivity index (χ3v) is 7.30. The zero-order valence-corrected chi connectivity index (χ0v) is 16.7. The first-order valence-corrected chi connectivity index (χ1v) is 11.5. The third-order valence-electron chi connectivity index (χ3n) is 5.53. The lowest BCUT2D eigenvalue weighted by molar-refractivity contribution is 0.206. The minimum absolute atomic E-state index is 0.182. The first-order valence-electron chi connectivity index (χ1n) is 9.85. The number of likely N-dealkylation sites (tertiary alicyclic amines) is 1. The van der Waals surface area contributed by atoms with Crippen molar-refractivity contribution in [2.45, 2.75) is 42.5 Å². The van der Waals surface area contributed by atoms with Gasteiger partial charge in [-0.25, -0.2) is 8.42 Å². The molecule has 0 aliphatic carbocycles. The van der Waals surface area contributed by atoms with Gasteiger partial charge >= 0.3 is 0 Å². The molecule has 0 aromatic heterocycles. The molecule has 1 heterocycles. The van der Waals surface area contributed by atoms with E-state index in [9.17, 15) is 8.42 Å². The van der Waals surface area contributed by atoms with E-state index < -0.39 is 9.84 Å². The molecule has 0 bridgehead atoms. The normalized spacial score (nSPS) is 17.7. The SMILES string of the molecule is NC1CCN(CC[C@H](CCS(=O)(=O)c2ccccc2)c2ccccc2)CC1. The summed E-state index contributed by atoms with van der Waals surface area (Å²) in [6.45, 7) is 3.09. The smallest absolute Gasteiger partial charge is 0.178 e. The molecule has 0 saturated carbocycles. The van der Waals surface area contributed by atoms with Gasteiger partial charge in [-0.1, -0.05) is 48.5 Å². The van der Waals surface area contributed by atoms with E-state index in [2.05, 4.69) is 17.0 Å². The topological polar surface area (TPSA) is 63.4 Å². The molecule has 5 heteroatoms. The molecule has 2 aromatic carbocycles. The Morgan fingerprint density at radius 2 is 1.52 bits per heavy atom. The summed E-state index contributed by atoms with van der Waals surface area (Å²) in [5.74, 6) is 0.432. The standard InChI is InChI=1S/C22H30N2O2S/c23-21-12-16-24(17-13-21)15-11-20(19-7-3-1-4-8-19)14-18-27(25,26)22-9-5-2-6-10-22/h1-10,20-21H,11-18,23H2/t20-/m1/s1. The van der Waals surface area contributed by atoms with Gasteiger partial charge in [0.2, 0.25) is 0 Å². The Bertz CT molecular complexity index is 786. The zero-order chi connectivity index (χ0) is 19.1. The van der Waals surface area contributed by atoms with Gasteiger partial charge in [0, 0.05) is 6.04 Å². The van der Waals surface area contributed by atoms with Crippen LogP contribution in [0.15, 0.2) is 65.6 Å². The molecule has 1 aliphatic heterocycles. The van der Waals surface area contributed by atoms with Crippen LogP contribution in [0.5, 0.6) is 0 Å². The fourth-order valence-corrected chi connectivity index (χ4v) is 5.16. The summed E-state index contributed by atoms with van der Waals surface area (Å²) < 4.78 is 25.4. The van der Waals surface area contributed by atoms with Crippen LogP contribution >= 0.6 is 0 Å². The van der Waals surface area contributed by atoms with E-state index in [0.29, 0.717) is 17.4 Å². The molecule has 3 rings (SSSR count). The van der Waals surface area contributed by atoms with Gasteiger partial charge in [-0.2, -0.15) is 0 Å². The molecule has 0 unspecified atom stereocenters. The summed E-state index contributed by atoms with van der Waals surface area (Å²) in [6, 6.07) is 19.4. The Hall–Kier alpha value is -1.69. The average Bonchev–Trinajstić information content (AvgIpc) is 2.70. The summed E-state index contributed by atoms with van der Waals surface area (Å²) in [7, 11) is -3.24. The second kappa shape index (κ2) is 9.49. The van der Waals surface area contributed by atoms with Gasteiger partial charge in [0.15, 0.2) is 9.84 Å². The highest BCUT2D eigenvalue weighted by atomic mass is 32.2. The zero-order valence-electron chi connectivity index (χ0n) is 15.8. The number of piperidine rings is 1. The highest BCUT2D eigenvalue weighted by Gasteiger charge is 2.21. The molecule has 2 N–H and O–H groups in total. The summed E-state index contributed by atoms with van der Waals surface area (Å²) >= 11 is 0. The van der Waals surface area contributed by atoms with Crippen LogP contribution in [-0.2, 0) is 9.84 Å². The van der Waals surface area contributed by atoms with Crippen LogP contribution in [0.25, 0.3) is 0 Å². The van der Waals surface area contributed by atoms with Crippen molar-refractivity contribution < 1.29 is 8.42 Å². The lowest BCUT2D eigenvalue weighted by Crippen LogP contribution is -2.40. The van der Waals surface area contributed by atoms with E-state index in [0.717, 1.165) is 38.9 Å². The second-order valence-corrected chi connectivity index (χ2v) is 9.61. The lowest BCUT2D eigenvalue weighted by Gasteiger charge is -2.31. The van der Waals surface area contributed by atoms with Crippen molar-refractivity contribution in [3.8, 4) is 0 Å². The van der Waals surface area contributed by atoms with E-state index in [1.807, 2.05) is 24.3 Å². The van der Waals surface area contributed by atoms with Crippen LogP contribution < -0.4 is 5.73 Å². The Morgan fingerprint density at radius 3 is 2.15 bits per heavy atom. The van der Waals surface area contributed by atoms with Gasteiger partial charge in [0.1, 0.15) is 0 Å². The predicted molar refractivity (Wildman–Crippen MR) is 111 cm³/mol. The van der Waals surface area contributed by atoms with Crippen molar-refractivity contribution >= 4 is 9.84 Å². The van der Waals surface area contributed by atoms with Crippen molar-refractivity contribution in [3.63, 3.8) is 0 Å². The number of sulfone groups is 1. The fraction of sp³-hybridized carbons (Fsp3) is 0.455. The molecule has 146 valence electrons. The van der Waals surface area contributed by atoms with Crippen molar-refractivity contribution in [2.24, 2.45) is 5.73 Å². The highest BCUT2D eigenvalue weighted by molar-refractivity contribution is 7.91. The molecule has 1 aliphatic rings. The molecule has 4 nitrogen and oxygen atoms in total. The van der Waals surface area contributed by atoms with Crippen molar-refractivity contribution in [2.75, 3.05) is 25.4 Å². The van der Waals surface area contributed by atoms with E-state index in [1.165, 1.54) is 5.56 Å². The Kier molecular flexibility index (Phi) is 7.05. The lowest BCUT2D eigenvalue weighted by atomic mass is 9.92. The summed E-state index contributed by atoms with van der Waals surface area (Å²) in [4.78, 5) is 2.88. The number of rotatable bonds is 8. The second-order valence-electron chi connectivity index (χ2n) is 7.50. The predicted octanol–water partition coefficient (Wildman–Crippen LogP) is 3.45. The molecule has 2 aromatic rings. The molecule has 1 saturated heterocycles. The molecule has 0 radical (unpaired) electrons. The first-order chi connectivity index (χ1) is 13.0. The van der Waals surface area contributed by atoms with Crippen LogP contribution in [0.3, 0.4) is 0 Å². The van der Waals surface area contributed by atoms with E-state index in [1.54, 1.807) is 24.3 Å². The molecule has 0 amide bonds. The van der Waals surface area contributed by atoms with Crippen molar-refractivity contribution in [3.05, 3.63) is 66.2 Å². The molecular weight excluding hydrogens is 356 g/mol. The van der Waals surface area contributed by atoms with Crippen LogP contribution in [-0.4, -0.2) is 44.7 Å². The number of nitrogens with two attached hydrogens (primary N) is 1. The van der Waals surface area contributed by atoms with Crippen LogP contribution in [0, 0.1) is 0 Å². The Balaban J connectivity index is 1.64. The molecule has 0 spiro atoms. The minimum Gasteiger partial charge on any atom is -0.328 e. The van der Waals surface area contributed by atoms with E-state index >= 15 is 0 Å². The summed E-state index contributed by atoms with van der Waals surface area (Å²) in [6.07, 6.45) is 3.73. The molecule has 1 atom stereocenters. The number of benzene rings is 2. The average molecular weight is 387 g/mol. The Morgan fingerprint density at radius 1 is 0.926 bits per heavy atom. The van der Waals surface area contributed by atoms with Crippen LogP contribution in [0.4, 0.5) is 0 Å². The van der Waals surface area contributed by atoms with E-state index in [-0.39, 0.29) is 11.7 Å². The van der Waals surface area contributed by atoms with Gasteiger partial charge in [0.05, 0.1) is 10.6 Å². The number of hydrogen-bond donors (Lipinski definition) is 1. The highest BCUT2D eigenvalue weighted by Crippen LogP contribution is 2.26. The Labute approximate surface area is 163 Å². The largest absolute Gasteiger partial charge is 0.328 e. The maximum atomic E-state index is 12.7. The van der Waals surface area contributed by atoms with E-state index in [4.69, 9.17) is 5.73 Å². The van der Waals surface area contributed by atoms with Gasteiger partial charge < -0.3 is 10.6 Å². The van der Waals surface area contributed by atoms with Crippen LogP contribution in [0.2, 0.25) is 0 Å². The molecular formula is C22H30N2O2S. The number of nitrogens with zero attached hydrogens (tertiary/aromatic N) is 1. The molecule has 1 fully saturated rings. The maximum absolute atomic E-state index is 12.7. The fourth-order valence-electron chi connectivity index (χ4n) is 3.76. The number of hydrogen-bond acceptors (Lipinski definition) is 4. The van der Waals surface area contributed by atoms with Gasteiger partial charge in [0.25, 0.3) is 0 Å². The third kappa shape index (κ3) is 5.89. The molecule has 27 heavy (non-hydrogen) atoms. The minimum atomic E-state index is -3.24. The maximum Gasteiger partial charge on any atom is 0.178 e. The summed E-state index contributed by atoms with van der Waals surface area (Å²) in [5.41, 5.74) is 7.23. The van der Waals surface area contributed by atoms with Crippen molar-refractivity contribution in [1.82, 2.24) is 4.90 Å². The first kappa shape index (κ1) is 20.1. The monoisotopic (exact) mass is 386 g/mol. The quantitative estimate of drug-likeness (QED) is 0.755. The van der Waals surface area contributed by atoms with Gasteiger partial charge in [-0.3, -0.25) is 0 Å². The van der Waals surface area contributed by atoms with Gasteiger partial charge in [-0.05, 0) is 68.9 Å². The van der Waals surface area contributed by atoms with Gasteiger partial charge in [-0.15, -0.1) is 0 Å².